The average molecular weight is 409 g/mol. The van der Waals surface area contributed by atoms with Crippen LogP contribution in [0.3, 0.4) is 0 Å². The molecule has 0 spiro atoms. The van der Waals surface area contributed by atoms with E-state index >= 15 is 0 Å². The van der Waals surface area contributed by atoms with Gasteiger partial charge >= 0.3 is 0 Å². The van der Waals surface area contributed by atoms with E-state index < -0.39 is 0 Å². The number of carbonyl (C=O) groups is 1. The summed E-state index contributed by atoms with van der Waals surface area (Å²) in [7, 11) is 1.67. The van der Waals surface area contributed by atoms with Gasteiger partial charge in [0.15, 0.2) is 11.0 Å². The molecule has 1 fully saturated rings. The quantitative estimate of drug-likeness (QED) is 0.655. The van der Waals surface area contributed by atoms with Gasteiger partial charge in [-0.05, 0) is 43.0 Å². The molecule has 2 aromatic rings. The minimum Gasteiger partial charge on any atom is -0.383 e. The van der Waals surface area contributed by atoms with Crippen LogP contribution in [0, 0.1) is 5.92 Å². The number of aromatic nitrogens is 3. The van der Waals surface area contributed by atoms with Crippen molar-refractivity contribution in [2.24, 2.45) is 5.92 Å². The lowest BCUT2D eigenvalue weighted by molar-refractivity contribution is -0.130. The number of halogens is 1. The van der Waals surface area contributed by atoms with Gasteiger partial charge in [-0.1, -0.05) is 30.3 Å². The van der Waals surface area contributed by atoms with Crippen molar-refractivity contribution in [3.8, 4) is 11.4 Å². The maximum absolute atomic E-state index is 12.6. The molecular weight excluding hydrogens is 384 g/mol. The molecule has 0 unspecified atom stereocenters. The zero-order valence-electron chi connectivity index (χ0n) is 15.7. The van der Waals surface area contributed by atoms with Crippen molar-refractivity contribution in [3.63, 3.8) is 0 Å². The van der Waals surface area contributed by atoms with Gasteiger partial charge in [0.1, 0.15) is 0 Å². The molecule has 0 bridgehead atoms. The summed E-state index contributed by atoms with van der Waals surface area (Å²) in [5, 5.41) is 10.1. The van der Waals surface area contributed by atoms with Gasteiger partial charge in [-0.3, -0.25) is 9.36 Å². The molecule has 0 aliphatic carbocycles. The van der Waals surface area contributed by atoms with E-state index in [1.165, 1.54) is 18.2 Å². The van der Waals surface area contributed by atoms with Crippen LogP contribution in [0.25, 0.3) is 11.4 Å². The second-order valence-electron chi connectivity index (χ2n) is 6.83. The molecule has 146 valence electrons. The number of hydrogen-bond donors (Lipinski definition) is 0. The Morgan fingerprint density at radius 1 is 1.33 bits per heavy atom. The Labute approximate surface area is 169 Å². The molecule has 1 atom stereocenters. The number of ether oxygens (including phenoxy) is 1. The van der Waals surface area contributed by atoms with E-state index in [4.69, 9.17) is 16.3 Å². The molecule has 1 saturated heterocycles. The summed E-state index contributed by atoms with van der Waals surface area (Å²) in [5.41, 5.74) is 0.936. The summed E-state index contributed by atoms with van der Waals surface area (Å²) >= 11 is 7.42. The molecule has 1 aliphatic heterocycles. The fourth-order valence-corrected chi connectivity index (χ4v) is 4.22. The second kappa shape index (κ2) is 9.57. The van der Waals surface area contributed by atoms with Gasteiger partial charge in [0, 0.05) is 30.8 Å². The number of nitrogens with zero attached hydrogens (tertiary/aromatic N) is 4. The Balaban J connectivity index is 1.72. The molecular formula is C19H25ClN4O2S. The summed E-state index contributed by atoms with van der Waals surface area (Å²) in [6.07, 6.45) is 2.29. The van der Waals surface area contributed by atoms with Gasteiger partial charge in [0.25, 0.3) is 0 Å². The Kier molecular flexibility index (Phi) is 7.15. The number of likely N-dealkylation sites (tertiary alicyclic amines) is 1. The van der Waals surface area contributed by atoms with Gasteiger partial charge in [0.05, 0.1) is 18.9 Å². The number of methoxy groups -OCH3 is 1. The van der Waals surface area contributed by atoms with E-state index in [1.807, 2.05) is 33.7 Å². The normalized spacial score (nSPS) is 17.3. The largest absolute Gasteiger partial charge is 0.383 e. The predicted molar refractivity (Wildman–Crippen MR) is 108 cm³/mol. The van der Waals surface area contributed by atoms with Crippen molar-refractivity contribution >= 4 is 29.3 Å². The van der Waals surface area contributed by atoms with Crippen molar-refractivity contribution in [3.05, 3.63) is 29.3 Å². The van der Waals surface area contributed by atoms with E-state index in [1.54, 1.807) is 7.11 Å². The Bertz CT molecular complexity index is 766. The first kappa shape index (κ1) is 20.2. The van der Waals surface area contributed by atoms with E-state index in [0.717, 1.165) is 36.1 Å². The summed E-state index contributed by atoms with van der Waals surface area (Å²) in [6, 6.07) is 7.51. The second-order valence-corrected chi connectivity index (χ2v) is 8.21. The van der Waals surface area contributed by atoms with E-state index in [-0.39, 0.29) is 5.91 Å². The fourth-order valence-electron chi connectivity index (χ4n) is 3.23. The van der Waals surface area contributed by atoms with Crippen LogP contribution >= 0.6 is 23.4 Å². The number of benzene rings is 1. The third-order valence-electron chi connectivity index (χ3n) is 4.67. The van der Waals surface area contributed by atoms with Gasteiger partial charge in [-0.15, -0.1) is 10.2 Å². The Morgan fingerprint density at radius 3 is 2.81 bits per heavy atom. The molecule has 27 heavy (non-hydrogen) atoms. The van der Waals surface area contributed by atoms with Crippen LogP contribution in [0.5, 0.6) is 0 Å². The van der Waals surface area contributed by atoms with Crippen molar-refractivity contribution in [2.75, 3.05) is 32.6 Å². The molecule has 1 amide bonds. The van der Waals surface area contributed by atoms with Crippen LogP contribution in [-0.4, -0.2) is 58.1 Å². The topological polar surface area (TPSA) is 60.2 Å². The first-order chi connectivity index (χ1) is 13.1. The molecule has 0 N–H and O–H groups in total. The van der Waals surface area contributed by atoms with Gasteiger partial charge in [-0.25, -0.2) is 0 Å². The lowest BCUT2D eigenvalue weighted by atomic mass is 10.0. The highest BCUT2D eigenvalue weighted by Crippen LogP contribution is 2.26. The van der Waals surface area contributed by atoms with E-state index in [2.05, 4.69) is 17.1 Å². The summed E-state index contributed by atoms with van der Waals surface area (Å²) in [6.45, 7) is 5.08. The smallest absolute Gasteiger partial charge is 0.233 e. The van der Waals surface area contributed by atoms with Gasteiger partial charge in [-0.2, -0.15) is 0 Å². The Morgan fingerprint density at radius 2 is 2.11 bits per heavy atom. The lowest BCUT2D eigenvalue weighted by Gasteiger charge is -2.30. The van der Waals surface area contributed by atoms with Crippen molar-refractivity contribution in [1.82, 2.24) is 19.7 Å². The zero-order valence-corrected chi connectivity index (χ0v) is 17.3. The number of carbonyl (C=O) groups excluding carboxylic acids is 1. The molecule has 0 radical (unpaired) electrons. The molecule has 1 aromatic carbocycles. The SMILES string of the molecule is COCCn1c(SCC(=O)N2CCC[C@@H](C)C2)nnc1-c1ccc(Cl)cc1. The van der Waals surface area contributed by atoms with Crippen LogP contribution in [0.15, 0.2) is 29.4 Å². The summed E-state index contributed by atoms with van der Waals surface area (Å²) in [4.78, 5) is 14.5. The molecule has 3 rings (SSSR count). The van der Waals surface area contributed by atoms with Crippen molar-refractivity contribution in [1.29, 1.82) is 0 Å². The van der Waals surface area contributed by atoms with Gasteiger partial charge in [0.2, 0.25) is 5.91 Å². The number of hydrogen-bond acceptors (Lipinski definition) is 5. The number of piperidine rings is 1. The lowest BCUT2D eigenvalue weighted by Crippen LogP contribution is -2.40. The monoisotopic (exact) mass is 408 g/mol. The van der Waals surface area contributed by atoms with Crippen LogP contribution < -0.4 is 0 Å². The highest BCUT2D eigenvalue weighted by Gasteiger charge is 2.22. The van der Waals surface area contributed by atoms with Crippen LogP contribution in [0.1, 0.15) is 19.8 Å². The standard InChI is InChI=1S/C19H25ClN4O2S/c1-14-4-3-9-23(12-14)17(25)13-27-19-22-21-18(24(19)10-11-26-2)15-5-7-16(20)8-6-15/h5-8,14H,3-4,9-13H2,1-2H3/t14-/m1/s1. The van der Waals surface area contributed by atoms with Crippen LogP contribution in [-0.2, 0) is 16.1 Å². The maximum atomic E-state index is 12.6. The van der Waals surface area contributed by atoms with Crippen LogP contribution in [0.2, 0.25) is 5.02 Å². The third kappa shape index (κ3) is 5.24. The first-order valence-electron chi connectivity index (χ1n) is 9.17. The number of rotatable bonds is 7. The maximum Gasteiger partial charge on any atom is 0.233 e. The minimum absolute atomic E-state index is 0.167. The molecule has 2 heterocycles. The third-order valence-corrected chi connectivity index (χ3v) is 5.88. The summed E-state index contributed by atoms with van der Waals surface area (Å²) < 4.78 is 7.23. The number of amides is 1. The average Bonchev–Trinajstić information content (AvgIpc) is 3.07. The Hall–Kier alpha value is -1.57. The zero-order chi connectivity index (χ0) is 19.2. The summed E-state index contributed by atoms with van der Waals surface area (Å²) in [5.74, 6) is 1.87. The predicted octanol–water partition coefficient (Wildman–Crippen LogP) is 3.60. The molecule has 6 nitrogen and oxygen atoms in total. The first-order valence-corrected chi connectivity index (χ1v) is 10.5. The van der Waals surface area contributed by atoms with E-state index in [9.17, 15) is 4.79 Å². The van der Waals surface area contributed by atoms with Gasteiger partial charge < -0.3 is 9.64 Å². The minimum atomic E-state index is 0.167. The van der Waals surface area contributed by atoms with Crippen molar-refractivity contribution in [2.45, 2.75) is 31.5 Å². The molecule has 1 aromatic heterocycles. The van der Waals surface area contributed by atoms with Crippen LogP contribution in [0.4, 0.5) is 0 Å². The number of thioether (sulfide) groups is 1. The molecule has 1 aliphatic rings. The molecule has 0 saturated carbocycles. The highest BCUT2D eigenvalue weighted by molar-refractivity contribution is 7.99. The molecule has 8 heteroatoms. The highest BCUT2D eigenvalue weighted by atomic mass is 35.5. The van der Waals surface area contributed by atoms with Crippen molar-refractivity contribution < 1.29 is 9.53 Å². The van der Waals surface area contributed by atoms with E-state index in [0.29, 0.717) is 29.8 Å². The fraction of sp³-hybridized carbons (Fsp3) is 0.526.